The monoisotopic (exact) mass is 438 g/mol. The van der Waals surface area contributed by atoms with Gasteiger partial charge in [0.2, 0.25) is -0.379 Å². The van der Waals surface area contributed by atoms with Crippen molar-refractivity contribution < 1.29 is 4.74 Å². The summed E-state index contributed by atoms with van der Waals surface area (Å²) >= 11 is 6.68. The van der Waals surface area contributed by atoms with Crippen LogP contribution in [0.15, 0.2) is 0 Å². The normalized spacial score (nSPS) is 12.0. The van der Waals surface area contributed by atoms with Gasteiger partial charge < -0.3 is 4.74 Å². The Kier molecular flexibility index (Phi) is 5.29. The van der Waals surface area contributed by atoms with Gasteiger partial charge in [0, 0.05) is 6.61 Å². The number of halogens is 3. The Hall–Kier alpha value is 2.15. The van der Waals surface area contributed by atoms with Crippen molar-refractivity contribution in [2.75, 3.05) is 6.61 Å². The standard InChI is InChI=1S/C3H5I3O/c1-2-7-3(4,5)6/h2H2,1H3. The Morgan fingerprint density at radius 2 is 1.86 bits per heavy atom. The van der Waals surface area contributed by atoms with Crippen molar-refractivity contribution >= 4 is 67.8 Å². The third kappa shape index (κ3) is 8.15. The van der Waals surface area contributed by atoms with E-state index in [2.05, 4.69) is 67.8 Å². The highest BCUT2D eigenvalue weighted by Gasteiger charge is 2.14. The van der Waals surface area contributed by atoms with Crippen LogP contribution < -0.4 is 0 Å². The van der Waals surface area contributed by atoms with Crippen molar-refractivity contribution in [2.45, 2.75) is 6.54 Å². The van der Waals surface area contributed by atoms with E-state index in [1.165, 1.54) is 0 Å². The maximum absolute atomic E-state index is 5.19. The molecule has 0 rings (SSSR count). The van der Waals surface area contributed by atoms with Gasteiger partial charge in [0.25, 0.3) is 0 Å². The van der Waals surface area contributed by atoms with E-state index >= 15 is 0 Å². The average molecular weight is 438 g/mol. The molecule has 0 aromatic heterocycles. The summed E-state index contributed by atoms with van der Waals surface area (Å²) in [6.07, 6.45) is 0. The highest BCUT2D eigenvalue weighted by molar-refractivity contribution is 14.3. The Labute approximate surface area is 84.4 Å². The second kappa shape index (κ2) is 4.04. The maximum Gasteiger partial charge on any atom is 0.220 e. The third-order valence-corrected chi connectivity index (χ3v) is 1.24. The van der Waals surface area contributed by atoms with Gasteiger partial charge in [-0.2, -0.15) is 0 Å². The second-order valence-electron chi connectivity index (χ2n) is 0.879. The molecule has 0 bridgehead atoms. The van der Waals surface area contributed by atoms with E-state index < -0.39 is 0 Å². The molecule has 1 nitrogen and oxygen atoms in total. The molecule has 0 fully saturated rings. The Morgan fingerprint density at radius 1 is 1.43 bits per heavy atom. The quantitative estimate of drug-likeness (QED) is 0.477. The van der Waals surface area contributed by atoms with E-state index in [0.29, 0.717) is 0 Å². The van der Waals surface area contributed by atoms with E-state index in [-0.39, 0.29) is -0.379 Å². The second-order valence-corrected chi connectivity index (χ2v) is 11.6. The summed E-state index contributed by atoms with van der Waals surface area (Å²) in [7, 11) is 0. The Bertz CT molecular complexity index is 48.6. The molecule has 0 saturated heterocycles. The van der Waals surface area contributed by atoms with Gasteiger partial charge in [-0.1, -0.05) is 0 Å². The zero-order valence-electron chi connectivity index (χ0n) is 3.75. The predicted molar refractivity (Wildman–Crippen MR) is 56.4 cm³/mol. The van der Waals surface area contributed by atoms with Crippen LogP contribution in [0.3, 0.4) is 0 Å². The lowest BCUT2D eigenvalue weighted by molar-refractivity contribution is 0.187. The number of ether oxygens (including phenoxy) is 1. The van der Waals surface area contributed by atoms with Gasteiger partial charge in [0.15, 0.2) is 0 Å². The fourth-order valence-electron chi connectivity index (χ4n) is 0.164. The molecular formula is C3H5I3O. The van der Waals surface area contributed by atoms with E-state index in [1.807, 2.05) is 6.92 Å². The summed E-state index contributed by atoms with van der Waals surface area (Å²) in [5.74, 6) is 0. The number of rotatable bonds is 2. The Balaban J connectivity index is 3.15. The van der Waals surface area contributed by atoms with E-state index in [4.69, 9.17) is 4.74 Å². The van der Waals surface area contributed by atoms with Crippen LogP contribution in [0.2, 0.25) is 0 Å². The highest BCUT2D eigenvalue weighted by Crippen LogP contribution is 2.36. The molecule has 0 aliphatic heterocycles. The fraction of sp³-hybridized carbons (Fsp3) is 1.00. The molecule has 4 heteroatoms. The molecule has 0 atom stereocenters. The molecule has 0 spiro atoms. The fourth-order valence-corrected chi connectivity index (χ4v) is 1.10. The van der Waals surface area contributed by atoms with E-state index in [1.54, 1.807) is 0 Å². The van der Waals surface area contributed by atoms with Gasteiger partial charge in [0.1, 0.15) is 0 Å². The van der Waals surface area contributed by atoms with Crippen LogP contribution in [0, 0.1) is 0 Å². The van der Waals surface area contributed by atoms with Crippen molar-refractivity contribution in [3.63, 3.8) is 0 Å². The molecule has 0 aromatic carbocycles. The van der Waals surface area contributed by atoms with Gasteiger partial charge in [-0.3, -0.25) is 0 Å². The molecular weight excluding hydrogens is 433 g/mol. The van der Waals surface area contributed by atoms with Crippen LogP contribution in [0.25, 0.3) is 0 Å². The van der Waals surface area contributed by atoms with Crippen molar-refractivity contribution in [1.29, 1.82) is 0 Å². The molecule has 0 aliphatic rings. The average Bonchev–Trinajstić information content (AvgIpc) is 1.30. The first-order valence-electron chi connectivity index (χ1n) is 1.77. The lowest BCUT2D eigenvalue weighted by Gasteiger charge is -2.10. The highest BCUT2D eigenvalue weighted by atomic mass is 127. The minimum atomic E-state index is -0.0397. The molecule has 0 unspecified atom stereocenters. The smallest absolute Gasteiger partial charge is 0.220 e. The minimum absolute atomic E-state index is 0.0397. The van der Waals surface area contributed by atoms with Crippen LogP contribution in [-0.4, -0.2) is 6.23 Å². The largest absolute Gasteiger partial charge is 0.347 e. The summed E-state index contributed by atoms with van der Waals surface area (Å²) < 4.78 is 5.15. The Morgan fingerprint density at radius 3 is 1.86 bits per heavy atom. The zero-order chi connectivity index (χ0) is 5.91. The predicted octanol–water partition coefficient (Wildman–Crippen LogP) is 2.94. The molecule has 44 valence electrons. The lowest BCUT2D eigenvalue weighted by atomic mass is 10.9. The summed E-state index contributed by atoms with van der Waals surface area (Å²) in [6.45, 7) is 2.78. The molecule has 0 N–H and O–H groups in total. The van der Waals surface area contributed by atoms with Gasteiger partial charge >= 0.3 is 0 Å². The molecule has 0 radical (unpaired) electrons. The summed E-state index contributed by atoms with van der Waals surface area (Å²) in [5.41, 5.74) is 0. The first-order chi connectivity index (χ1) is 3.06. The van der Waals surface area contributed by atoms with Crippen molar-refractivity contribution in [3.8, 4) is 0 Å². The topological polar surface area (TPSA) is 9.23 Å². The number of hydrogen-bond donors (Lipinski definition) is 0. The van der Waals surface area contributed by atoms with Crippen LogP contribution in [0.4, 0.5) is 0 Å². The van der Waals surface area contributed by atoms with Crippen molar-refractivity contribution in [2.24, 2.45) is 0 Å². The first-order valence-corrected chi connectivity index (χ1v) is 5.00. The molecule has 0 aromatic rings. The maximum atomic E-state index is 5.19. The van der Waals surface area contributed by atoms with Gasteiger partial charge in [-0.15, -0.1) is 0 Å². The van der Waals surface area contributed by atoms with Gasteiger partial charge in [0.05, 0.1) is 0 Å². The van der Waals surface area contributed by atoms with Crippen LogP contribution in [-0.2, 0) is 4.74 Å². The van der Waals surface area contributed by atoms with E-state index in [9.17, 15) is 0 Å². The molecule has 0 amide bonds. The SMILES string of the molecule is CCOC(I)(I)I. The molecule has 7 heavy (non-hydrogen) atoms. The van der Waals surface area contributed by atoms with Crippen LogP contribution in [0.1, 0.15) is 6.92 Å². The third-order valence-electron chi connectivity index (χ3n) is 0.308. The van der Waals surface area contributed by atoms with Crippen LogP contribution in [0.5, 0.6) is 0 Å². The van der Waals surface area contributed by atoms with Gasteiger partial charge in [-0.05, 0) is 74.7 Å². The van der Waals surface area contributed by atoms with Gasteiger partial charge in [-0.25, -0.2) is 0 Å². The molecule has 0 aliphatic carbocycles. The summed E-state index contributed by atoms with van der Waals surface area (Å²) in [5, 5.41) is 0. The van der Waals surface area contributed by atoms with Crippen LogP contribution >= 0.6 is 67.8 Å². The van der Waals surface area contributed by atoms with Crippen molar-refractivity contribution in [1.82, 2.24) is 0 Å². The summed E-state index contributed by atoms with van der Waals surface area (Å²) in [6, 6.07) is 0. The number of hydrogen-bond acceptors (Lipinski definition) is 1. The lowest BCUT2D eigenvalue weighted by Crippen LogP contribution is -2.04. The minimum Gasteiger partial charge on any atom is -0.347 e. The first kappa shape index (κ1) is 9.15. The molecule has 0 heterocycles. The molecule has 0 saturated carbocycles. The number of alkyl halides is 3. The summed E-state index contributed by atoms with van der Waals surface area (Å²) in [4.78, 5) is 0. The van der Waals surface area contributed by atoms with E-state index in [0.717, 1.165) is 6.61 Å². The van der Waals surface area contributed by atoms with Crippen molar-refractivity contribution in [3.05, 3.63) is 0 Å². The zero-order valence-corrected chi connectivity index (χ0v) is 10.2.